The Balaban J connectivity index is 1.42. The van der Waals surface area contributed by atoms with Crippen LogP contribution in [-0.2, 0) is 32.9 Å². The number of para-hydroxylation sites is 2. The van der Waals surface area contributed by atoms with Crippen molar-refractivity contribution in [1.29, 1.82) is 0 Å². The third kappa shape index (κ3) is 4.94. The van der Waals surface area contributed by atoms with E-state index in [1.165, 1.54) is 48.5 Å². The highest BCUT2D eigenvalue weighted by atomic mass is 32.2. The first kappa shape index (κ1) is 26.6. The van der Waals surface area contributed by atoms with Crippen molar-refractivity contribution in [1.82, 2.24) is 0 Å². The summed E-state index contributed by atoms with van der Waals surface area (Å²) >= 11 is 0. The van der Waals surface area contributed by atoms with E-state index >= 15 is 0 Å². The molecule has 0 saturated heterocycles. The molecule has 1 aliphatic heterocycles. The highest BCUT2D eigenvalue weighted by Gasteiger charge is 2.27. The molecule has 0 aliphatic carbocycles. The van der Waals surface area contributed by atoms with Crippen LogP contribution >= 0.6 is 0 Å². The van der Waals surface area contributed by atoms with Crippen LogP contribution in [0.25, 0.3) is 11.1 Å². The Hall–Kier alpha value is -4.60. The number of sulfone groups is 2. The molecule has 7 nitrogen and oxygen atoms in total. The number of benzene rings is 5. The van der Waals surface area contributed by atoms with Gasteiger partial charge in [-0.25, -0.2) is 16.8 Å². The van der Waals surface area contributed by atoms with Crippen LogP contribution in [0.3, 0.4) is 0 Å². The molecule has 0 bridgehead atoms. The van der Waals surface area contributed by atoms with Gasteiger partial charge >= 0.3 is 0 Å². The van der Waals surface area contributed by atoms with Crippen LogP contribution in [0.1, 0.15) is 11.1 Å². The number of fused-ring (bicyclic) bond motifs is 3. The molecule has 1 heterocycles. The van der Waals surface area contributed by atoms with Crippen molar-refractivity contribution >= 4 is 19.7 Å². The van der Waals surface area contributed by atoms with Gasteiger partial charge < -0.3 is 14.6 Å². The van der Waals surface area contributed by atoms with Crippen molar-refractivity contribution in [2.24, 2.45) is 0 Å². The molecule has 206 valence electrons. The van der Waals surface area contributed by atoms with E-state index in [1.54, 1.807) is 48.5 Å². The largest absolute Gasteiger partial charge is 0.508 e. The first-order valence-electron chi connectivity index (χ1n) is 12.7. The highest BCUT2D eigenvalue weighted by Crippen LogP contribution is 2.37. The molecule has 0 amide bonds. The minimum atomic E-state index is -3.93. The summed E-state index contributed by atoms with van der Waals surface area (Å²) in [7, 11) is -7.71. The summed E-state index contributed by atoms with van der Waals surface area (Å²) in [6.45, 7) is 0.161. The summed E-state index contributed by atoms with van der Waals surface area (Å²) in [5.41, 5.74) is 3.14. The minimum Gasteiger partial charge on any atom is -0.508 e. The fraction of sp³-hybridized carbons (Fsp3) is 0.0625. The topological polar surface area (TPSA) is 107 Å². The average Bonchev–Trinajstić information content (AvgIpc) is 3.01. The first-order chi connectivity index (χ1) is 19.7. The molecule has 0 atom stereocenters. The van der Waals surface area contributed by atoms with E-state index in [0.29, 0.717) is 0 Å². The van der Waals surface area contributed by atoms with Gasteiger partial charge in [0.2, 0.25) is 19.7 Å². The van der Waals surface area contributed by atoms with E-state index in [0.717, 1.165) is 22.3 Å². The maximum absolute atomic E-state index is 13.6. The zero-order chi connectivity index (χ0) is 28.6. The van der Waals surface area contributed by atoms with E-state index in [4.69, 9.17) is 9.47 Å². The van der Waals surface area contributed by atoms with E-state index < -0.39 is 19.7 Å². The predicted octanol–water partition coefficient (Wildman–Crippen LogP) is 6.20. The van der Waals surface area contributed by atoms with Gasteiger partial charge in [-0.1, -0.05) is 54.6 Å². The van der Waals surface area contributed by atoms with Crippen molar-refractivity contribution in [3.05, 3.63) is 126 Å². The summed E-state index contributed by atoms with van der Waals surface area (Å²) in [5, 5.41) is 9.52. The molecule has 5 aromatic rings. The zero-order valence-electron chi connectivity index (χ0n) is 21.6. The lowest BCUT2D eigenvalue weighted by Gasteiger charge is -2.17. The first-order valence-corrected chi connectivity index (χ1v) is 15.7. The molecule has 41 heavy (non-hydrogen) atoms. The average molecular weight is 585 g/mol. The number of aromatic hydroxyl groups is 1. The molecule has 0 radical (unpaired) electrons. The van der Waals surface area contributed by atoms with Gasteiger partial charge in [-0.3, -0.25) is 0 Å². The van der Waals surface area contributed by atoms with E-state index in [-0.39, 0.29) is 50.0 Å². The molecule has 1 aliphatic rings. The Morgan fingerprint density at radius 2 is 1.15 bits per heavy atom. The van der Waals surface area contributed by atoms with E-state index in [2.05, 4.69) is 0 Å². The summed E-state index contributed by atoms with van der Waals surface area (Å²) in [6, 6.07) is 30.6. The van der Waals surface area contributed by atoms with Gasteiger partial charge in [0.15, 0.2) is 0 Å². The van der Waals surface area contributed by atoms with Crippen molar-refractivity contribution in [2.75, 3.05) is 0 Å². The summed E-state index contributed by atoms with van der Waals surface area (Å²) in [6.07, 6.45) is 0. The number of ether oxygens (including phenoxy) is 2. The van der Waals surface area contributed by atoms with Gasteiger partial charge in [-0.05, 0) is 77.4 Å². The Labute approximate surface area is 238 Å². The summed E-state index contributed by atoms with van der Waals surface area (Å²) in [5.74, 6) is 0.446. The van der Waals surface area contributed by atoms with Crippen LogP contribution in [0.15, 0.2) is 135 Å². The fourth-order valence-electron chi connectivity index (χ4n) is 4.79. The summed E-state index contributed by atoms with van der Waals surface area (Å²) in [4.78, 5) is 0.295. The molecule has 0 fully saturated rings. The zero-order valence-corrected chi connectivity index (χ0v) is 23.2. The van der Waals surface area contributed by atoms with Gasteiger partial charge in [-0.2, -0.15) is 0 Å². The van der Waals surface area contributed by atoms with E-state index in [9.17, 15) is 21.9 Å². The van der Waals surface area contributed by atoms with Crippen LogP contribution in [0.5, 0.6) is 17.2 Å². The van der Waals surface area contributed by atoms with Crippen molar-refractivity contribution < 1.29 is 31.4 Å². The molecule has 1 N–H and O–H groups in total. The lowest BCUT2D eigenvalue weighted by atomic mass is 9.96. The molecule has 0 aromatic heterocycles. The van der Waals surface area contributed by atoms with E-state index in [1.807, 2.05) is 18.2 Å². The number of hydrogen-bond acceptors (Lipinski definition) is 7. The molecule has 0 saturated carbocycles. The van der Waals surface area contributed by atoms with Crippen molar-refractivity contribution in [2.45, 2.75) is 32.8 Å². The van der Waals surface area contributed by atoms with Gasteiger partial charge in [0.05, 0.1) is 9.79 Å². The van der Waals surface area contributed by atoms with Crippen LogP contribution in [0, 0.1) is 0 Å². The third-order valence-corrected chi connectivity index (χ3v) is 10.5. The quantitative estimate of drug-likeness (QED) is 0.269. The standard InChI is InChI=1S/C32H24O7S2/c33-24-14-18-26(19-15-24)40(34,35)25-16-12-22(13-17-25)27-7-5-6-23-20-38-29-8-1-3-10-31(29)41(36,37)32-11-4-2-9-30(32)39-21-28(23)27/h1-19,33H,20-21H2. The van der Waals surface area contributed by atoms with Crippen molar-refractivity contribution in [3.8, 4) is 28.4 Å². The molecule has 0 unspecified atom stereocenters. The van der Waals surface area contributed by atoms with Crippen molar-refractivity contribution in [3.63, 3.8) is 0 Å². The maximum Gasteiger partial charge on any atom is 0.213 e. The second-order valence-corrected chi connectivity index (χ2v) is 13.3. The van der Waals surface area contributed by atoms with Gasteiger partial charge in [0, 0.05) is 5.56 Å². The second-order valence-electron chi connectivity index (χ2n) is 9.44. The smallest absolute Gasteiger partial charge is 0.213 e. The maximum atomic E-state index is 13.6. The molecular formula is C32H24O7S2. The predicted molar refractivity (Wildman–Crippen MR) is 152 cm³/mol. The molecule has 5 aromatic carbocycles. The second kappa shape index (κ2) is 10.4. The Morgan fingerprint density at radius 3 is 1.76 bits per heavy atom. The number of phenols is 1. The third-order valence-electron chi connectivity index (χ3n) is 6.93. The summed E-state index contributed by atoms with van der Waals surface area (Å²) < 4.78 is 65.7. The Bertz CT molecular complexity index is 1960. The molecule has 9 heteroatoms. The van der Waals surface area contributed by atoms with Gasteiger partial charge in [0.25, 0.3) is 0 Å². The molecular weight excluding hydrogens is 560 g/mol. The van der Waals surface area contributed by atoms with Crippen LogP contribution in [-0.4, -0.2) is 21.9 Å². The molecule has 0 spiro atoms. The lowest BCUT2D eigenvalue weighted by Crippen LogP contribution is -2.07. The minimum absolute atomic E-state index is 0.0167. The van der Waals surface area contributed by atoms with Gasteiger partial charge in [-0.15, -0.1) is 0 Å². The Kier molecular flexibility index (Phi) is 6.76. The number of hydrogen-bond donors (Lipinski definition) is 1. The Morgan fingerprint density at radius 1 is 0.610 bits per heavy atom. The van der Waals surface area contributed by atoms with Crippen LogP contribution in [0.2, 0.25) is 0 Å². The lowest BCUT2D eigenvalue weighted by molar-refractivity contribution is 0.280. The van der Waals surface area contributed by atoms with Crippen LogP contribution < -0.4 is 9.47 Å². The fourth-order valence-corrected chi connectivity index (χ4v) is 7.59. The number of rotatable bonds is 3. The monoisotopic (exact) mass is 584 g/mol. The van der Waals surface area contributed by atoms with Crippen LogP contribution in [0.4, 0.5) is 0 Å². The molecule has 6 rings (SSSR count). The highest BCUT2D eigenvalue weighted by molar-refractivity contribution is 7.92. The number of phenolic OH excluding ortho intramolecular Hbond substituents is 1. The SMILES string of the molecule is O=S(=O)(c1ccc(O)cc1)c1ccc(-c2cccc3c2COc2ccccc2S(=O)(=O)c2ccccc2OC3)cc1. The normalized spacial score (nSPS) is 14.2. The van der Waals surface area contributed by atoms with Gasteiger partial charge in [0.1, 0.15) is 40.3 Å².